The maximum absolute atomic E-state index is 6.07. The predicted molar refractivity (Wildman–Crippen MR) is 79.2 cm³/mol. The summed E-state index contributed by atoms with van der Waals surface area (Å²) in [6.07, 6.45) is 0. The summed E-state index contributed by atoms with van der Waals surface area (Å²) in [5.41, 5.74) is 1.11. The van der Waals surface area contributed by atoms with Crippen LogP contribution in [-0.4, -0.2) is 14.8 Å². The normalized spacial score (nSPS) is 13.1. The molecule has 0 radical (unpaired) electrons. The molecule has 3 heterocycles. The fraction of sp³-hybridized carbons (Fsp3) is 0.0769. The molecule has 0 fully saturated rings. The molecule has 4 rings (SSSR count). The molecule has 1 aliphatic heterocycles. The molecule has 94 valence electrons. The fourth-order valence-electron chi connectivity index (χ4n) is 2.16. The van der Waals surface area contributed by atoms with Crippen LogP contribution in [0.4, 0.5) is 0 Å². The van der Waals surface area contributed by atoms with Crippen molar-refractivity contribution in [1.82, 2.24) is 14.8 Å². The van der Waals surface area contributed by atoms with Crippen LogP contribution in [0.25, 0.3) is 16.4 Å². The Morgan fingerprint density at radius 3 is 3.00 bits per heavy atom. The minimum absolute atomic E-state index is 0.764. The van der Waals surface area contributed by atoms with Gasteiger partial charge in [-0.2, -0.15) is 0 Å². The highest BCUT2D eigenvalue weighted by Gasteiger charge is 2.23. The van der Waals surface area contributed by atoms with Crippen LogP contribution in [-0.2, 0) is 5.75 Å². The van der Waals surface area contributed by atoms with Crippen molar-refractivity contribution in [3.8, 4) is 16.4 Å². The average Bonchev–Trinajstić information content (AvgIpc) is 3.06. The van der Waals surface area contributed by atoms with Gasteiger partial charge in [-0.05, 0) is 29.6 Å². The maximum atomic E-state index is 6.07. The summed E-state index contributed by atoms with van der Waals surface area (Å²) < 4.78 is 2.13. The molecular formula is C13H8ClN3S2. The van der Waals surface area contributed by atoms with E-state index in [0.29, 0.717) is 0 Å². The van der Waals surface area contributed by atoms with Crippen LogP contribution in [0.3, 0.4) is 0 Å². The number of halogens is 1. The van der Waals surface area contributed by atoms with Crippen LogP contribution in [0, 0.1) is 0 Å². The number of rotatable bonds is 1. The number of fused-ring (bicyclic) bond motifs is 3. The molecule has 1 aromatic carbocycles. The average molecular weight is 306 g/mol. The van der Waals surface area contributed by atoms with E-state index in [1.807, 2.05) is 24.3 Å². The molecule has 0 unspecified atom stereocenters. The Hall–Kier alpha value is -1.30. The molecule has 0 atom stereocenters. The van der Waals surface area contributed by atoms with Crippen molar-refractivity contribution < 1.29 is 0 Å². The molecule has 0 spiro atoms. The van der Waals surface area contributed by atoms with E-state index in [4.69, 9.17) is 11.6 Å². The zero-order valence-corrected chi connectivity index (χ0v) is 12.1. The lowest BCUT2D eigenvalue weighted by Crippen LogP contribution is -2.07. The smallest absolute Gasteiger partial charge is 0.178 e. The second-order valence-electron chi connectivity index (χ2n) is 4.15. The third-order valence-corrected chi connectivity index (χ3v) is 5.13. The highest BCUT2D eigenvalue weighted by atomic mass is 35.5. The number of hydrogen-bond acceptors (Lipinski definition) is 4. The molecule has 19 heavy (non-hydrogen) atoms. The van der Waals surface area contributed by atoms with Crippen LogP contribution in [0.5, 0.6) is 0 Å². The van der Waals surface area contributed by atoms with Crippen molar-refractivity contribution in [2.75, 3.05) is 0 Å². The highest BCUT2D eigenvalue weighted by molar-refractivity contribution is 7.98. The highest BCUT2D eigenvalue weighted by Crippen LogP contribution is 2.39. The van der Waals surface area contributed by atoms with E-state index in [9.17, 15) is 0 Å². The lowest BCUT2D eigenvalue weighted by atomic mass is 10.3. The zero-order chi connectivity index (χ0) is 12.8. The number of aromatic nitrogens is 3. The van der Waals surface area contributed by atoms with Gasteiger partial charge in [-0.15, -0.1) is 33.3 Å². The number of thiophene rings is 1. The molecule has 0 amide bonds. The first-order valence-electron chi connectivity index (χ1n) is 5.74. The van der Waals surface area contributed by atoms with E-state index >= 15 is 0 Å². The standard InChI is InChI=1S/C13H8ClN3S2/c14-8-3-4-9-11(6-8)19-7-12-15-16-13(17(9)12)10-2-1-5-18-10/h1-6H,7H2. The van der Waals surface area contributed by atoms with Crippen LogP contribution >= 0.6 is 34.7 Å². The first kappa shape index (κ1) is 11.5. The van der Waals surface area contributed by atoms with Crippen LogP contribution in [0.15, 0.2) is 40.6 Å². The Labute approximate surface area is 123 Å². The van der Waals surface area contributed by atoms with E-state index in [0.717, 1.165) is 33.0 Å². The number of benzene rings is 1. The van der Waals surface area contributed by atoms with Gasteiger partial charge < -0.3 is 0 Å². The van der Waals surface area contributed by atoms with E-state index in [2.05, 4.69) is 26.2 Å². The topological polar surface area (TPSA) is 30.7 Å². The number of thioether (sulfide) groups is 1. The van der Waals surface area contributed by atoms with E-state index in [1.165, 1.54) is 4.90 Å². The van der Waals surface area contributed by atoms with Gasteiger partial charge in [0.1, 0.15) is 5.82 Å². The van der Waals surface area contributed by atoms with Crippen molar-refractivity contribution in [2.45, 2.75) is 10.6 Å². The second kappa shape index (κ2) is 4.37. The van der Waals surface area contributed by atoms with Gasteiger partial charge in [0.25, 0.3) is 0 Å². The first-order valence-corrected chi connectivity index (χ1v) is 7.98. The van der Waals surface area contributed by atoms with Gasteiger partial charge in [0.2, 0.25) is 0 Å². The Morgan fingerprint density at radius 1 is 1.21 bits per heavy atom. The second-order valence-corrected chi connectivity index (χ2v) is 6.55. The summed E-state index contributed by atoms with van der Waals surface area (Å²) in [6, 6.07) is 10.0. The third-order valence-electron chi connectivity index (χ3n) is 2.99. The van der Waals surface area contributed by atoms with Crippen molar-refractivity contribution in [3.05, 3.63) is 46.6 Å². The van der Waals surface area contributed by atoms with E-state index in [1.54, 1.807) is 23.1 Å². The molecule has 0 saturated heterocycles. The van der Waals surface area contributed by atoms with Gasteiger partial charge in [0, 0.05) is 9.92 Å². The molecule has 0 saturated carbocycles. The lowest BCUT2D eigenvalue weighted by molar-refractivity contribution is 0.923. The molecule has 0 N–H and O–H groups in total. The minimum Gasteiger partial charge on any atom is -0.276 e. The molecule has 0 aliphatic carbocycles. The molecule has 3 aromatic rings. The van der Waals surface area contributed by atoms with Crippen molar-refractivity contribution in [1.29, 1.82) is 0 Å². The monoisotopic (exact) mass is 305 g/mol. The quantitative estimate of drug-likeness (QED) is 0.673. The van der Waals surface area contributed by atoms with Gasteiger partial charge in [-0.1, -0.05) is 17.7 Å². The SMILES string of the molecule is Clc1ccc2c(c1)SCc1nnc(-c3cccs3)n1-2. The molecular weight excluding hydrogens is 298 g/mol. The largest absolute Gasteiger partial charge is 0.276 e. The van der Waals surface area contributed by atoms with Gasteiger partial charge in [-0.3, -0.25) is 4.57 Å². The van der Waals surface area contributed by atoms with E-state index in [-0.39, 0.29) is 0 Å². The molecule has 2 aromatic heterocycles. The Bertz CT molecular complexity index is 749. The summed E-state index contributed by atoms with van der Waals surface area (Å²) in [5.74, 6) is 2.73. The van der Waals surface area contributed by atoms with Gasteiger partial charge >= 0.3 is 0 Å². The molecule has 1 aliphatic rings. The van der Waals surface area contributed by atoms with Crippen molar-refractivity contribution >= 4 is 34.7 Å². The summed E-state index contributed by atoms with van der Waals surface area (Å²) in [4.78, 5) is 2.31. The van der Waals surface area contributed by atoms with Crippen LogP contribution in [0.2, 0.25) is 5.02 Å². The van der Waals surface area contributed by atoms with Crippen molar-refractivity contribution in [2.24, 2.45) is 0 Å². The van der Waals surface area contributed by atoms with Crippen LogP contribution in [0.1, 0.15) is 5.82 Å². The molecule has 0 bridgehead atoms. The van der Waals surface area contributed by atoms with Gasteiger partial charge in [0.05, 0.1) is 16.3 Å². The van der Waals surface area contributed by atoms with E-state index < -0.39 is 0 Å². The number of hydrogen-bond donors (Lipinski definition) is 0. The Balaban J connectivity index is 1.97. The maximum Gasteiger partial charge on any atom is 0.178 e. The van der Waals surface area contributed by atoms with Crippen LogP contribution < -0.4 is 0 Å². The number of nitrogens with zero attached hydrogens (tertiary/aromatic N) is 3. The summed E-state index contributed by atoms with van der Waals surface area (Å²) in [7, 11) is 0. The predicted octanol–water partition coefficient (Wildman–Crippen LogP) is 4.25. The fourth-order valence-corrected chi connectivity index (χ4v) is 4.08. The van der Waals surface area contributed by atoms with Gasteiger partial charge in [-0.25, -0.2) is 0 Å². The summed E-state index contributed by atoms with van der Waals surface area (Å²) >= 11 is 9.49. The lowest BCUT2D eigenvalue weighted by Gasteiger charge is -2.18. The molecule has 3 nitrogen and oxygen atoms in total. The Morgan fingerprint density at radius 2 is 2.16 bits per heavy atom. The minimum atomic E-state index is 0.764. The first-order chi connectivity index (χ1) is 9.33. The molecule has 6 heteroatoms. The zero-order valence-electron chi connectivity index (χ0n) is 9.71. The third kappa shape index (κ3) is 1.81. The summed E-state index contributed by atoms with van der Waals surface area (Å²) in [6.45, 7) is 0. The van der Waals surface area contributed by atoms with Crippen molar-refractivity contribution in [3.63, 3.8) is 0 Å². The Kier molecular flexibility index (Phi) is 2.65. The summed E-state index contributed by atoms with van der Waals surface area (Å²) in [5, 5.41) is 11.5. The van der Waals surface area contributed by atoms with Gasteiger partial charge in [0.15, 0.2) is 5.82 Å².